The van der Waals surface area contributed by atoms with Crippen LogP contribution >= 0.6 is 0 Å². The fraction of sp³-hybridized carbons (Fsp3) is 0.353. The van der Waals surface area contributed by atoms with Crippen LogP contribution in [-0.2, 0) is 6.42 Å². The Morgan fingerprint density at radius 2 is 2.04 bits per heavy atom. The minimum Gasteiger partial charge on any atom is -0.508 e. The van der Waals surface area contributed by atoms with Gasteiger partial charge in [-0.1, -0.05) is 22.4 Å². The summed E-state index contributed by atoms with van der Waals surface area (Å²) in [6.45, 7) is 3.69. The number of rotatable bonds is 2. The molecule has 2 heterocycles. The first-order valence-corrected chi connectivity index (χ1v) is 7.72. The number of nitrogens with zero attached hydrogens (tertiary/aromatic N) is 3. The van der Waals surface area contributed by atoms with E-state index < -0.39 is 0 Å². The van der Waals surface area contributed by atoms with Crippen LogP contribution in [0.5, 0.6) is 5.75 Å². The van der Waals surface area contributed by atoms with Crippen LogP contribution in [0.15, 0.2) is 27.2 Å². The minimum atomic E-state index is 0.0209. The highest BCUT2D eigenvalue weighted by Gasteiger charge is 2.29. The van der Waals surface area contributed by atoms with Crippen molar-refractivity contribution in [3.8, 4) is 17.1 Å². The first-order chi connectivity index (χ1) is 11.1. The average Bonchev–Trinajstić information content (AvgIpc) is 3.14. The number of benzene rings is 1. The lowest BCUT2D eigenvalue weighted by Gasteiger charge is -2.23. The molecule has 2 aromatic heterocycles. The van der Waals surface area contributed by atoms with Crippen LogP contribution in [0.25, 0.3) is 11.4 Å². The van der Waals surface area contributed by atoms with Crippen LogP contribution in [0, 0.1) is 13.8 Å². The van der Waals surface area contributed by atoms with Crippen LogP contribution in [-0.4, -0.2) is 20.4 Å². The number of aryl methyl sites for hydroxylation is 2. The first-order valence-electron chi connectivity index (χ1n) is 7.72. The maximum atomic E-state index is 10.1. The Labute approximate surface area is 133 Å². The van der Waals surface area contributed by atoms with Gasteiger partial charge in [-0.15, -0.1) is 0 Å². The zero-order chi connectivity index (χ0) is 16.0. The number of hydrogen-bond acceptors (Lipinski definition) is 6. The van der Waals surface area contributed by atoms with Gasteiger partial charge in [0, 0.05) is 0 Å². The van der Waals surface area contributed by atoms with E-state index in [-0.39, 0.29) is 5.92 Å². The van der Waals surface area contributed by atoms with Gasteiger partial charge in [0.05, 0.1) is 17.2 Å². The van der Waals surface area contributed by atoms with Gasteiger partial charge in [0.15, 0.2) is 0 Å². The molecule has 0 amide bonds. The van der Waals surface area contributed by atoms with E-state index in [4.69, 9.17) is 9.05 Å². The van der Waals surface area contributed by atoms with Crippen molar-refractivity contribution in [1.82, 2.24) is 15.3 Å². The molecule has 0 radical (unpaired) electrons. The average molecular weight is 311 g/mol. The predicted molar refractivity (Wildman–Crippen MR) is 82.2 cm³/mol. The van der Waals surface area contributed by atoms with Crippen molar-refractivity contribution in [3.63, 3.8) is 0 Å². The van der Waals surface area contributed by atoms with Gasteiger partial charge in [-0.2, -0.15) is 4.98 Å². The molecule has 118 valence electrons. The molecule has 1 atom stereocenters. The van der Waals surface area contributed by atoms with Crippen LogP contribution in [0.3, 0.4) is 0 Å². The molecule has 1 aromatic carbocycles. The van der Waals surface area contributed by atoms with E-state index in [1.54, 1.807) is 6.07 Å². The normalized spacial score (nSPS) is 17.2. The summed E-state index contributed by atoms with van der Waals surface area (Å²) in [6, 6.07) is 5.61. The third-order valence-corrected chi connectivity index (χ3v) is 4.48. The molecule has 0 fully saturated rings. The highest BCUT2D eigenvalue weighted by Crippen LogP contribution is 2.40. The largest absolute Gasteiger partial charge is 0.508 e. The molecule has 1 N–H and O–H groups in total. The third-order valence-electron chi connectivity index (χ3n) is 4.48. The standard InChI is InChI=1S/C17H17N3O3/c1-9-15(10(2)22-19-9)16-18-17(23-20-16)13-7-3-6-12-11(13)5-4-8-14(12)21/h4-5,8,13,21H,3,6-7H2,1-2H3. The summed E-state index contributed by atoms with van der Waals surface area (Å²) in [7, 11) is 0. The number of phenols is 1. The third kappa shape index (κ3) is 2.21. The lowest BCUT2D eigenvalue weighted by molar-refractivity contribution is 0.352. The van der Waals surface area contributed by atoms with Crippen molar-refractivity contribution in [2.75, 3.05) is 0 Å². The Morgan fingerprint density at radius 3 is 2.83 bits per heavy atom. The minimum absolute atomic E-state index is 0.0209. The maximum Gasteiger partial charge on any atom is 0.234 e. The van der Waals surface area contributed by atoms with Crippen molar-refractivity contribution in [3.05, 3.63) is 46.7 Å². The van der Waals surface area contributed by atoms with E-state index >= 15 is 0 Å². The van der Waals surface area contributed by atoms with E-state index in [0.717, 1.165) is 41.6 Å². The number of aromatic nitrogens is 3. The van der Waals surface area contributed by atoms with Crippen LogP contribution < -0.4 is 0 Å². The maximum absolute atomic E-state index is 10.1. The Balaban J connectivity index is 1.76. The van der Waals surface area contributed by atoms with E-state index in [2.05, 4.69) is 15.3 Å². The lowest BCUT2D eigenvalue weighted by atomic mass is 9.82. The second kappa shape index (κ2) is 5.22. The van der Waals surface area contributed by atoms with Crippen molar-refractivity contribution < 1.29 is 14.2 Å². The van der Waals surface area contributed by atoms with Gasteiger partial charge in [0.2, 0.25) is 11.7 Å². The molecule has 0 aliphatic heterocycles. The van der Waals surface area contributed by atoms with Gasteiger partial charge >= 0.3 is 0 Å². The fourth-order valence-corrected chi connectivity index (χ4v) is 3.37. The van der Waals surface area contributed by atoms with Gasteiger partial charge in [-0.25, -0.2) is 0 Å². The molecular weight excluding hydrogens is 294 g/mol. The first kappa shape index (κ1) is 14.0. The van der Waals surface area contributed by atoms with E-state index in [9.17, 15) is 5.11 Å². The quantitative estimate of drug-likeness (QED) is 0.779. The molecule has 0 bridgehead atoms. The summed E-state index contributed by atoms with van der Waals surface area (Å²) in [5.41, 5.74) is 3.59. The Kier molecular flexibility index (Phi) is 3.18. The molecule has 1 aliphatic rings. The second-order valence-corrected chi connectivity index (χ2v) is 5.95. The van der Waals surface area contributed by atoms with Crippen molar-refractivity contribution in [2.24, 2.45) is 0 Å². The molecule has 6 nitrogen and oxygen atoms in total. The van der Waals surface area contributed by atoms with Gasteiger partial charge in [-0.05, 0) is 50.3 Å². The Bertz CT molecular complexity index is 846. The van der Waals surface area contributed by atoms with Crippen molar-refractivity contribution >= 4 is 0 Å². The summed E-state index contributed by atoms with van der Waals surface area (Å²) in [4.78, 5) is 4.57. The van der Waals surface area contributed by atoms with Crippen molar-refractivity contribution in [2.45, 2.75) is 39.0 Å². The highest BCUT2D eigenvalue weighted by molar-refractivity contribution is 5.59. The molecule has 23 heavy (non-hydrogen) atoms. The molecule has 3 aromatic rings. The number of aromatic hydroxyl groups is 1. The summed E-state index contributed by atoms with van der Waals surface area (Å²) < 4.78 is 10.7. The van der Waals surface area contributed by atoms with Gasteiger partial charge in [0.1, 0.15) is 11.5 Å². The molecule has 6 heteroatoms. The number of fused-ring (bicyclic) bond motifs is 1. The second-order valence-electron chi connectivity index (χ2n) is 5.95. The molecule has 0 spiro atoms. The molecule has 0 saturated heterocycles. The zero-order valence-electron chi connectivity index (χ0n) is 13.0. The van der Waals surface area contributed by atoms with Crippen LogP contribution in [0.1, 0.15) is 47.2 Å². The molecule has 4 rings (SSSR count). The summed E-state index contributed by atoms with van der Waals surface area (Å²) >= 11 is 0. The predicted octanol–water partition coefficient (Wildman–Crippen LogP) is 3.52. The van der Waals surface area contributed by atoms with E-state index in [1.807, 2.05) is 26.0 Å². The smallest absolute Gasteiger partial charge is 0.234 e. The molecule has 0 saturated carbocycles. The Morgan fingerprint density at radius 1 is 1.17 bits per heavy atom. The van der Waals surface area contributed by atoms with Crippen LogP contribution in [0.4, 0.5) is 0 Å². The topological polar surface area (TPSA) is 85.2 Å². The molecule has 1 unspecified atom stereocenters. The van der Waals surface area contributed by atoms with E-state index in [0.29, 0.717) is 23.2 Å². The highest BCUT2D eigenvalue weighted by atomic mass is 16.5. The van der Waals surface area contributed by atoms with Crippen molar-refractivity contribution in [1.29, 1.82) is 0 Å². The zero-order valence-corrected chi connectivity index (χ0v) is 13.0. The monoisotopic (exact) mass is 311 g/mol. The Hall–Kier alpha value is -2.63. The number of hydrogen-bond donors (Lipinski definition) is 1. The van der Waals surface area contributed by atoms with Gasteiger partial charge in [0.25, 0.3) is 0 Å². The fourth-order valence-electron chi connectivity index (χ4n) is 3.37. The van der Waals surface area contributed by atoms with E-state index in [1.165, 1.54) is 0 Å². The number of phenolic OH excluding ortho intramolecular Hbond substituents is 1. The SMILES string of the molecule is Cc1noc(C)c1-c1noc(C2CCCc3c(O)cccc32)n1. The summed E-state index contributed by atoms with van der Waals surface area (Å²) in [5.74, 6) is 2.12. The summed E-state index contributed by atoms with van der Waals surface area (Å²) in [6.07, 6.45) is 2.79. The van der Waals surface area contributed by atoms with Crippen LogP contribution in [0.2, 0.25) is 0 Å². The van der Waals surface area contributed by atoms with Gasteiger partial charge < -0.3 is 14.2 Å². The lowest BCUT2D eigenvalue weighted by Crippen LogP contribution is -2.11. The summed E-state index contributed by atoms with van der Waals surface area (Å²) in [5, 5.41) is 18.1. The van der Waals surface area contributed by atoms with Gasteiger partial charge in [-0.3, -0.25) is 0 Å². The molecular formula is C17H17N3O3. The molecule has 1 aliphatic carbocycles.